The minimum Gasteiger partial charge on any atom is -0.334 e. The molecule has 104 valence electrons. The Morgan fingerprint density at radius 3 is 2.63 bits per heavy atom. The van der Waals surface area contributed by atoms with Crippen LogP contribution in [0.5, 0.6) is 0 Å². The van der Waals surface area contributed by atoms with E-state index in [9.17, 15) is 4.79 Å². The molecule has 2 heterocycles. The molecule has 0 N–H and O–H groups in total. The predicted molar refractivity (Wildman–Crippen MR) is 71.6 cm³/mol. The van der Waals surface area contributed by atoms with E-state index in [1.54, 1.807) is 0 Å². The second kappa shape index (κ2) is 4.62. The largest absolute Gasteiger partial charge is 0.334 e. The van der Waals surface area contributed by atoms with Crippen LogP contribution >= 0.6 is 0 Å². The SMILES string of the molecule is CCN1Cc2nnc(C3CC3)n2[C@@H](CC(C)C)C1=O. The minimum absolute atomic E-state index is 0.0886. The van der Waals surface area contributed by atoms with Gasteiger partial charge in [0.1, 0.15) is 11.9 Å². The van der Waals surface area contributed by atoms with Crippen molar-refractivity contribution in [2.45, 2.75) is 58.5 Å². The number of carbonyl (C=O) groups is 1. The lowest BCUT2D eigenvalue weighted by atomic mass is 10.0. The van der Waals surface area contributed by atoms with Gasteiger partial charge in [0.2, 0.25) is 5.91 Å². The average Bonchev–Trinajstić information content (AvgIpc) is 3.12. The minimum atomic E-state index is -0.0886. The number of rotatable bonds is 4. The van der Waals surface area contributed by atoms with Crippen LogP contribution in [0.1, 0.15) is 63.6 Å². The van der Waals surface area contributed by atoms with Crippen LogP contribution in [-0.2, 0) is 11.3 Å². The molecule has 0 unspecified atom stereocenters. The van der Waals surface area contributed by atoms with Crippen molar-refractivity contribution in [3.05, 3.63) is 11.6 Å². The van der Waals surface area contributed by atoms with Crippen LogP contribution in [0.3, 0.4) is 0 Å². The maximum absolute atomic E-state index is 12.6. The first-order valence-corrected chi connectivity index (χ1v) is 7.34. The Morgan fingerprint density at radius 2 is 2.05 bits per heavy atom. The number of carbonyl (C=O) groups excluding carboxylic acids is 1. The van der Waals surface area contributed by atoms with E-state index in [0.717, 1.165) is 24.6 Å². The van der Waals surface area contributed by atoms with Crippen molar-refractivity contribution < 1.29 is 4.79 Å². The van der Waals surface area contributed by atoms with Gasteiger partial charge in [-0.1, -0.05) is 13.8 Å². The van der Waals surface area contributed by atoms with Gasteiger partial charge < -0.3 is 9.47 Å². The maximum atomic E-state index is 12.6. The van der Waals surface area contributed by atoms with Crippen LogP contribution in [0, 0.1) is 5.92 Å². The number of hydrogen-bond donors (Lipinski definition) is 0. The quantitative estimate of drug-likeness (QED) is 0.835. The highest BCUT2D eigenvalue weighted by Crippen LogP contribution is 2.42. The molecule has 2 aliphatic rings. The van der Waals surface area contributed by atoms with E-state index in [4.69, 9.17) is 0 Å². The third-order valence-corrected chi connectivity index (χ3v) is 4.05. The standard InChI is InChI=1S/C14H22N4O/c1-4-17-8-12-15-16-13(10-5-6-10)18(12)11(14(17)19)7-9(2)3/h9-11H,4-8H2,1-3H3/t11-/m0/s1. The Kier molecular flexibility index (Phi) is 3.07. The second-order valence-corrected chi connectivity index (χ2v) is 6.12. The van der Waals surface area contributed by atoms with Crippen LogP contribution in [0.2, 0.25) is 0 Å². The number of fused-ring (bicyclic) bond motifs is 1. The Bertz CT molecular complexity index is 490. The van der Waals surface area contributed by atoms with Crippen LogP contribution in [0.25, 0.3) is 0 Å². The number of likely N-dealkylation sites (N-methyl/N-ethyl adjacent to an activating group) is 1. The van der Waals surface area contributed by atoms with Crippen LogP contribution in [-0.4, -0.2) is 32.1 Å². The van der Waals surface area contributed by atoms with Crippen molar-refractivity contribution >= 4 is 5.91 Å². The zero-order chi connectivity index (χ0) is 13.6. The highest BCUT2D eigenvalue weighted by atomic mass is 16.2. The van der Waals surface area contributed by atoms with E-state index < -0.39 is 0 Å². The molecule has 1 atom stereocenters. The lowest BCUT2D eigenvalue weighted by Crippen LogP contribution is -2.43. The van der Waals surface area contributed by atoms with Gasteiger partial charge in [-0.15, -0.1) is 10.2 Å². The van der Waals surface area contributed by atoms with E-state index in [1.807, 2.05) is 11.8 Å². The average molecular weight is 262 g/mol. The van der Waals surface area contributed by atoms with Crippen molar-refractivity contribution in [2.24, 2.45) is 5.92 Å². The van der Waals surface area contributed by atoms with Gasteiger partial charge in [0.15, 0.2) is 5.82 Å². The summed E-state index contributed by atoms with van der Waals surface area (Å²) in [4.78, 5) is 14.5. The van der Waals surface area contributed by atoms with Crippen molar-refractivity contribution in [1.82, 2.24) is 19.7 Å². The van der Waals surface area contributed by atoms with Gasteiger partial charge in [-0.2, -0.15) is 0 Å². The van der Waals surface area contributed by atoms with Gasteiger partial charge in [0.05, 0.1) is 6.54 Å². The highest BCUT2D eigenvalue weighted by Gasteiger charge is 2.39. The summed E-state index contributed by atoms with van der Waals surface area (Å²) in [6.07, 6.45) is 3.26. The maximum Gasteiger partial charge on any atom is 0.246 e. The lowest BCUT2D eigenvalue weighted by molar-refractivity contribution is -0.137. The van der Waals surface area contributed by atoms with E-state index in [2.05, 4.69) is 28.6 Å². The van der Waals surface area contributed by atoms with Crippen molar-refractivity contribution in [1.29, 1.82) is 0 Å². The molecule has 1 saturated carbocycles. The summed E-state index contributed by atoms with van der Waals surface area (Å²) < 4.78 is 2.14. The molecule has 0 radical (unpaired) electrons. The third kappa shape index (κ3) is 2.15. The summed E-state index contributed by atoms with van der Waals surface area (Å²) in [5.41, 5.74) is 0. The first-order valence-electron chi connectivity index (χ1n) is 7.34. The fourth-order valence-corrected chi connectivity index (χ4v) is 2.89. The molecule has 1 fully saturated rings. The van der Waals surface area contributed by atoms with Crippen molar-refractivity contribution in [3.63, 3.8) is 0 Å². The molecule has 5 nitrogen and oxygen atoms in total. The Hall–Kier alpha value is -1.39. The fraction of sp³-hybridized carbons (Fsp3) is 0.786. The summed E-state index contributed by atoms with van der Waals surface area (Å²) in [6.45, 7) is 7.72. The van der Waals surface area contributed by atoms with Gasteiger partial charge in [0.25, 0.3) is 0 Å². The van der Waals surface area contributed by atoms with Crippen LogP contribution < -0.4 is 0 Å². The molecule has 1 aromatic rings. The second-order valence-electron chi connectivity index (χ2n) is 6.12. The topological polar surface area (TPSA) is 51.0 Å². The Labute approximate surface area is 114 Å². The molecule has 5 heteroatoms. The van der Waals surface area contributed by atoms with Gasteiger partial charge in [-0.25, -0.2) is 0 Å². The molecule has 0 bridgehead atoms. The summed E-state index contributed by atoms with van der Waals surface area (Å²) in [5, 5.41) is 8.68. The van der Waals surface area contributed by atoms with Gasteiger partial charge in [-0.05, 0) is 32.1 Å². The Morgan fingerprint density at radius 1 is 1.32 bits per heavy atom. The van der Waals surface area contributed by atoms with Crippen LogP contribution in [0.15, 0.2) is 0 Å². The summed E-state index contributed by atoms with van der Waals surface area (Å²) in [7, 11) is 0. The first kappa shape index (κ1) is 12.6. The monoisotopic (exact) mass is 262 g/mol. The first-order chi connectivity index (χ1) is 9.11. The number of nitrogens with zero attached hydrogens (tertiary/aromatic N) is 4. The van der Waals surface area contributed by atoms with E-state index in [-0.39, 0.29) is 11.9 Å². The normalized spacial score (nSPS) is 23.1. The molecular formula is C14H22N4O. The molecule has 0 saturated heterocycles. The molecule has 1 aliphatic heterocycles. The zero-order valence-corrected chi connectivity index (χ0v) is 12.0. The molecule has 3 rings (SSSR count). The molecular weight excluding hydrogens is 240 g/mol. The van der Waals surface area contributed by atoms with Crippen molar-refractivity contribution in [3.8, 4) is 0 Å². The molecule has 0 spiro atoms. The highest BCUT2D eigenvalue weighted by molar-refractivity contribution is 5.81. The fourth-order valence-electron chi connectivity index (χ4n) is 2.89. The van der Waals surface area contributed by atoms with Gasteiger partial charge >= 0.3 is 0 Å². The molecule has 19 heavy (non-hydrogen) atoms. The Balaban J connectivity index is 2.00. The summed E-state index contributed by atoms with van der Waals surface area (Å²) >= 11 is 0. The van der Waals surface area contributed by atoms with Gasteiger partial charge in [-0.3, -0.25) is 4.79 Å². The predicted octanol–water partition coefficient (Wildman–Crippen LogP) is 2.10. The molecule has 1 aromatic heterocycles. The zero-order valence-electron chi connectivity index (χ0n) is 12.0. The third-order valence-electron chi connectivity index (χ3n) is 4.05. The van der Waals surface area contributed by atoms with E-state index in [0.29, 0.717) is 18.4 Å². The van der Waals surface area contributed by atoms with Crippen molar-refractivity contribution in [2.75, 3.05) is 6.54 Å². The smallest absolute Gasteiger partial charge is 0.246 e. The number of amides is 1. The van der Waals surface area contributed by atoms with E-state index in [1.165, 1.54) is 12.8 Å². The summed E-state index contributed by atoms with van der Waals surface area (Å²) in [6, 6.07) is -0.0886. The number of hydrogen-bond acceptors (Lipinski definition) is 3. The molecule has 1 aliphatic carbocycles. The number of aromatic nitrogens is 3. The summed E-state index contributed by atoms with van der Waals surface area (Å²) in [5.74, 6) is 3.29. The molecule has 1 amide bonds. The van der Waals surface area contributed by atoms with Gasteiger partial charge in [0, 0.05) is 12.5 Å². The van der Waals surface area contributed by atoms with E-state index >= 15 is 0 Å². The lowest BCUT2D eigenvalue weighted by Gasteiger charge is -2.34. The van der Waals surface area contributed by atoms with Crippen LogP contribution in [0.4, 0.5) is 0 Å². The molecule has 0 aromatic carbocycles.